The summed E-state index contributed by atoms with van der Waals surface area (Å²) in [5.41, 5.74) is 4.93. The lowest BCUT2D eigenvalue weighted by Crippen LogP contribution is -2.24. The predicted molar refractivity (Wildman–Crippen MR) is 81.3 cm³/mol. The Morgan fingerprint density at radius 3 is 2.76 bits per heavy atom. The predicted octanol–water partition coefficient (Wildman–Crippen LogP) is 3.72. The van der Waals surface area contributed by atoms with Gasteiger partial charge in [0.1, 0.15) is 0 Å². The molecule has 1 aromatic heterocycles. The molecule has 4 heteroatoms. The minimum absolute atomic E-state index is 0.284. The molecule has 1 fully saturated rings. The molecule has 1 saturated carbocycles. The van der Waals surface area contributed by atoms with Gasteiger partial charge in [0.15, 0.2) is 5.76 Å². The number of rotatable bonds is 3. The van der Waals surface area contributed by atoms with Gasteiger partial charge in [-0.1, -0.05) is 36.8 Å². The van der Waals surface area contributed by atoms with Gasteiger partial charge in [-0.3, -0.25) is 4.79 Å². The summed E-state index contributed by atoms with van der Waals surface area (Å²) in [6.07, 6.45) is 5.82. The standard InChI is InChI=1S/C17H18N2O2/c20-17(16-11-6-12-21-16)19-18-15-10-5-4-9-14(15)13-7-2-1-3-8-13/h1-3,6-8,11-12,14H,4-5,9-10H2,(H,19,20)/t14-/m0/s1. The molecule has 0 spiro atoms. The van der Waals surface area contributed by atoms with Crippen molar-refractivity contribution in [1.82, 2.24) is 5.43 Å². The SMILES string of the molecule is O=C(NN=C1CCCC[C@H]1c1ccccc1)c1ccco1. The van der Waals surface area contributed by atoms with E-state index in [1.165, 1.54) is 18.2 Å². The second-order valence-corrected chi connectivity index (χ2v) is 5.23. The van der Waals surface area contributed by atoms with E-state index in [2.05, 4.69) is 22.7 Å². The van der Waals surface area contributed by atoms with Crippen LogP contribution >= 0.6 is 0 Å². The van der Waals surface area contributed by atoms with Crippen molar-refractivity contribution >= 4 is 11.6 Å². The Labute approximate surface area is 123 Å². The molecule has 1 aliphatic rings. The highest BCUT2D eigenvalue weighted by Crippen LogP contribution is 2.30. The number of hydrogen-bond acceptors (Lipinski definition) is 3. The summed E-state index contributed by atoms with van der Waals surface area (Å²) >= 11 is 0. The van der Waals surface area contributed by atoms with Gasteiger partial charge in [0.2, 0.25) is 0 Å². The van der Waals surface area contributed by atoms with E-state index in [0.29, 0.717) is 5.92 Å². The van der Waals surface area contributed by atoms with E-state index >= 15 is 0 Å². The molecule has 1 amide bonds. The van der Waals surface area contributed by atoms with Crippen LogP contribution in [0.5, 0.6) is 0 Å². The summed E-state index contributed by atoms with van der Waals surface area (Å²) in [7, 11) is 0. The van der Waals surface area contributed by atoms with Crippen LogP contribution in [0.2, 0.25) is 0 Å². The molecule has 108 valence electrons. The molecule has 4 nitrogen and oxygen atoms in total. The maximum Gasteiger partial charge on any atom is 0.307 e. The molecule has 1 aliphatic carbocycles. The van der Waals surface area contributed by atoms with E-state index in [1.54, 1.807) is 12.1 Å². The lowest BCUT2D eigenvalue weighted by atomic mass is 9.82. The number of nitrogens with zero attached hydrogens (tertiary/aromatic N) is 1. The zero-order valence-electron chi connectivity index (χ0n) is 11.8. The molecule has 0 unspecified atom stereocenters. The summed E-state index contributed by atoms with van der Waals surface area (Å²) in [6.45, 7) is 0. The van der Waals surface area contributed by atoms with Gasteiger partial charge in [0, 0.05) is 11.6 Å². The first kappa shape index (κ1) is 13.6. The van der Waals surface area contributed by atoms with E-state index in [4.69, 9.17) is 4.42 Å². The highest BCUT2D eigenvalue weighted by Gasteiger charge is 2.22. The quantitative estimate of drug-likeness (QED) is 0.872. The van der Waals surface area contributed by atoms with Crippen molar-refractivity contribution in [2.24, 2.45) is 5.10 Å². The molecule has 3 rings (SSSR count). The molecular weight excluding hydrogens is 264 g/mol. The monoisotopic (exact) mass is 282 g/mol. The van der Waals surface area contributed by atoms with Crippen LogP contribution in [0.1, 0.15) is 47.7 Å². The normalized spacial score (nSPS) is 20.4. The van der Waals surface area contributed by atoms with Gasteiger partial charge >= 0.3 is 5.91 Å². The van der Waals surface area contributed by atoms with Crippen LogP contribution in [0.15, 0.2) is 58.2 Å². The van der Waals surface area contributed by atoms with Crippen LogP contribution in [0, 0.1) is 0 Å². The van der Waals surface area contributed by atoms with Crippen molar-refractivity contribution in [2.75, 3.05) is 0 Å². The molecule has 0 radical (unpaired) electrons. The van der Waals surface area contributed by atoms with Crippen LogP contribution in [-0.2, 0) is 0 Å². The maximum atomic E-state index is 11.9. The number of hydrogen-bond donors (Lipinski definition) is 1. The first-order chi connectivity index (χ1) is 10.3. The maximum absolute atomic E-state index is 11.9. The van der Waals surface area contributed by atoms with Gasteiger partial charge in [-0.05, 0) is 37.0 Å². The highest BCUT2D eigenvalue weighted by atomic mass is 16.3. The number of carbonyl (C=O) groups is 1. The number of furan rings is 1. The molecule has 1 heterocycles. The highest BCUT2D eigenvalue weighted by molar-refractivity contribution is 5.95. The van der Waals surface area contributed by atoms with E-state index < -0.39 is 0 Å². The first-order valence-electron chi connectivity index (χ1n) is 7.30. The fraction of sp³-hybridized carbons (Fsp3) is 0.294. The Bertz CT molecular complexity index is 618. The number of hydrazone groups is 1. The second kappa shape index (κ2) is 6.39. The van der Waals surface area contributed by atoms with Gasteiger partial charge < -0.3 is 4.42 Å². The molecule has 1 N–H and O–H groups in total. The Morgan fingerprint density at radius 2 is 2.00 bits per heavy atom. The van der Waals surface area contributed by atoms with Gasteiger partial charge in [0.25, 0.3) is 0 Å². The topological polar surface area (TPSA) is 54.6 Å². The van der Waals surface area contributed by atoms with Gasteiger partial charge in [-0.15, -0.1) is 0 Å². The molecule has 2 aromatic rings. The molecule has 1 aromatic carbocycles. The van der Waals surface area contributed by atoms with Crippen molar-refractivity contribution in [2.45, 2.75) is 31.6 Å². The molecule has 1 atom stereocenters. The number of nitrogens with one attached hydrogen (secondary N) is 1. The third kappa shape index (κ3) is 3.21. The van der Waals surface area contributed by atoms with Gasteiger partial charge in [0.05, 0.1) is 6.26 Å². The van der Waals surface area contributed by atoms with Gasteiger partial charge in [-0.2, -0.15) is 5.10 Å². The Hall–Kier alpha value is -2.36. The van der Waals surface area contributed by atoms with Crippen molar-refractivity contribution in [3.8, 4) is 0 Å². The minimum atomic E-state index is -0.301. The van der Waals surface area contributed by atoms with Crippen LogP contribution < -0.4 is 5.43 Å². The molecule has 21 heavy (non-hydrogen) atoms. The van der Waals surface area contributed by atoms with E-state index in [0.717, 1.165) is 25.0 Å². The van der Waals surface area contributed by atoms with E-state index in [-0.39, 0.29) is 11.7 Å². The van der Waals surface area contributed by atoms with Crippen LogP contribution in [-0.4, -0.2) is 11.6 Å². The number of carbonyl (C=O) groups excluding carboxylic acids is 1. The van der Waals surface area contributed by atoms with Crippen molar-refractivity contribution in [1.29, 1.82) is 0 Å². The van der Waals surface area contributed by atoms with Crippen molar-refractivity contribution < 1.29 is 9.21 Å². The van der Waals surface area contributed by atoms with Crippen LogP contribution in [0.3, 0.4) is 0 Å². The van der Waals surface area contributed by atoms with Crippen LogP contribution in [0.4, 0.5) is 0 Å². The summed E-state index contributed by atoms with van der Waals surface area (Å²) in [5.74, 6) is 0.285. The fourth-order valence-electron chi connectivity index (χ4n) is 2.76. The number of amides is 1. The van der Waals surface area contributed by atoms with Crippen molar-refractivity contribution in [3.05, 3.63) is 60.1 Å². The van der Waals surface area contributed by atoms with Gasteiger partial charge in [-0.25, -0.2) is 5.43 Å². The van der Waals surface area contributed by atoms with E-state index in [9.17, 15) is 4.79 Å². The Kier molecular flexibility index (Phi) is 4.15. The molecular formula is C17H18N2O2. The Morgan fingerprint density at radius 1 is 1.14 bits per heavy atom. The number of benzene rings is 1. The third-order valence-corrected chi connectivity index (χ3v) is 3.83. The third-order valence-electron chi connectivity index (χ3n) is 3.83. The molecule has 0 aliphatic heterocycles. The average Bonchev–Trinajstić information content (AvgIpc) is 3.08. The smallest absolute Gasteiger partial charge is 0.307 e. The summed E-state index contributed by atoms with van der Waals surface area (Å²) < 4.78 is 5.07. The Balaban J connectivity index is 1.75. The lowest BCUT2D eigenvalue weighted by Gasteiger charge is -2.24. The lowest BCUT2D eigenvalue weighted by molar-refractivity contribution is 0.0927. The molecule has 0 saturated heterocycles. The average molecular weight is 282 g/mol. The second-order valence-electron chi connectivity index (χ2n) is 5.23. The first-order valence-corrected chi connectivity index (χ1v) is 7.30. The van der Waals surface area contributed by atoms with Crippen LogP contribution in [0.25, 0.3) is 0 Å². The largest absolute Gasteiger partial charge is 0.459 e. The van der Waals surface area contributed by atoms with Crippen molar-refractivity contribution in [3.63, 3.8) is 0 Å². The summed E-state index contributed by atoms with van der Waals surface area (Å²) in [4.78, 5) is 11.9. The summed E-state index contributed by atoms with van der Waals surface area (Å²) in [6, 6.07) is 13.7. The molecule has 0 bridgehead atoms. The van der Waals surface area contributed by atoms with E-state index in [1.807, 2.05) is 18.2 Å². The minimum Gasteiger partial charge on any atom is -0.459 e. The zero-order chi connectivity index (χ0) is 14.5. The fourth-order valence-corrected chi connectivity index (χ4v) is 2.76. The summed E-state index contributed by atoms with van der Waals surface area (Å²) in [5, 5.41) is 4.35. The zero-order valence-corrected chi connectivity index (χ0v) is 11.8.